The smallest absolute Gasteiger partial charge is 0.320 e. The number of hydrogen-bond acceptors (Lipinski definition) is 3. The molecule has 16 heavy (non-hydrogen) atoms. The van der Waals surface area contributed by atoms with Crippen LogP contribution in [-0.2, 0) is 11.3 Å². The van der Waals surface area contributed by atoms with Crippen molar-refractivity contribution in [2.45, 2.75) is 32.1 Å². The Morgan fingerprint density at radius 1 is 1.50 bits per heavy atom. The number of nitrogens with zero attached hydrogens (tertiary/aromatic N) is 2. The van der Waals surface area contributed by atoms with E-state index in [2.05, 4.69) is 10.3 Å². The van der Waals surface area contributed by atoms with Crippen LogP contribution in [0, 0.1) is 0 Å². The number of rotatable bonds is 4. The van der Waals surface area contributed by atoms with Gasteiger partial charge in [-0.25, -0.2) is 4.98 Å². The Morgan fingerprint density at radius 2 is 2.25 bits per heavy atom. The van der Waals surface area contributed by atoms with Crippen LogP contribution in [0.5, 0.6) is 0 Å². The summed E-state index contributed by atoms with van der Waals surface area (Å²) in [5.41, 5.74) is 0. The molecule has 90 valence electrons. The van der Waals surface area contributed by atoms with Crippen molar-refractivity contribution < 1.29 is 13.5 Å². The Hall–Kier alpha value is -1.01. The second-order valence-corrected chi connectivity index (χ2v) is 3.79. The van der Waals surface area contributed by atoms with Crippen LogP contribution in [0.2, 0.25) is 0 Å². The average molecular weight is 231 g/mol. The first kappa shape index (κ1) is 11.5. The van der Waals surface area contributed by atoms with Crippen LogP contribution in [0.4, 0.5) is 8.78 Å². The van der Waals surface area contributed by atoms with Crippen molar-refractivity contribution in [3.63, 3.8) is 0 Å². The summed E-state index contributed by atoms with van der Waals surface area (Å²) in [6.07, 6.45) is 4.65. The van der Waals surface area contributed by atoms with Gasteiger partial charge in [0.05, 0.1) is 6.10 Å². The predicted octanol–water partition coefficient (Wildman–Crippen LogP) is 1.55. The van der Waals surface area contributed by atoms with Gasteiger partial charge in [0.2, 0.25) is 0 Å². The Labute approximate surface area is 92.6 Å². The van der Waals surface area contributed by atoms with Gasteiger partial charge in [0, 0.05) is 12.4 Å². The van der Waals surface area contributed by atoms with Crippen LogP contribution in [0.3, 0.4) is 0 Å². The molecule has 0 radical (unpaired) electrons. The number of hydrogen-bond donors (Lipinski definition) is 1. The highest BCUT2D eigenvalue weighted by atomic mass is 19.3. The molecule has 0 unspecified atom stereocenters. The van der Waals surface area contributed by atoms with Gasteiger partial charge in [0.25, 0.3) is 0 Å². The molecule has 0 aliphatic carbocycles. The summed E-state index contributed by atoms with van der Waals surface area (Å²) in [4.78, 5) is 3.86. The summed E-state index contributed by atoms with van der Waals surface area (Å²) < 4.78 is 31.4. The van der Waals surface area contributed by atoms with E-state index >= 15 is 0 Å². The lowest BCUT2D eigenvalue weighted by Gasteiger charge is -2.22. The van der Waals surface area contributed by atoms with E-state index in [1.165, 1.54) is 12.4 Å². The highest BCUT2D eigenvalue weighted by Gasteiger charge is 2.16. The standard InChI is InChI=1S/C10H15F2N3O/c11-10(12)15-6-5-14-9(15)7-16-8-1-3-13-4-2-8/h5-6,8,10,13H,1-4,7H2. The van der Waals surface area contributed by atoms with Gasteiger partial charge in [0.15, 0.2) is 0 Å². The Morgan fingerprint density at radius 3 is 2.94 bits per heavy atom. The van der Waals surface area contributed by atoms with Crippen LogP contribution in [-0.4, -0.2) is 28.7 Å². The Kier molecular flexibility index (Phi) is 3.84. The van der Waals surface area contributed by atoms with Crippen LogP contribution in [0.15, 0.2) is 12.4 Å². The molecule has 0 bridgehead atoms. The normalized spacial score (nSPS) is 18.2. The molecule has 1 N–H and O–H groups in total. The number of alkyl halides is 2. The van der Waals surface area contributed by atoms with E-state index in [1.807, 2.05) is 0 Å². The molecule has 4 nitrogen and oxygen atoms in total. The summed E-state index contributed by atoms with van der Waals surface area (Å²) >= 11 is 0. The van der Waals surface area contributed by atoms with Crippen LogP contribution >= 0.6 is 0 Å². The number of aromatic nitrogens is 2. The summed E-state index contributed by atoms with van der Waals surface area (Å²) in [6, 6.07) is 0. The maximum absolute atomic E-state index is 12.5. The number of piperidine rings is 1. The van der Waals surface area contributed by atoms with E-state index in [-0.39, 0.29) is 18.5 Å². The molecular formula is C10H15F2N3O. The first-order chi connectivity index (χ1) is 7.77. The number of halogens is 2. The molecule has 6 heteroatoms. The fraction of sp³-hybridized carbons (Fsp3) is 0.700. The minimum Gasteiger partial charge on any atom is -0.370 e. The molecule has 1 saturated heterocycles. The fourth-order valence-corrected chi connectivity index (χ4v) is 1.79. The van der Waals surface area contributed by atoms with Gasteiger partial charge in [0.1, 0.15) is 12.4 Å². The third-order valence-electron chi connectivity index (χ3n) is 2.69. The van der Waals surface area contributed by atoms with Gasteiger partial charge in [-0.2, -0.15) is 8.78 Å². The SMILES string of the molecule is FC(F)n1ccnc1COC1CCNCC1. The maximum atomic E-state index is 12.5. The van der Waals surface area contributed by atoms with E-state index in [0.29, 0.717) is 0 Å². The monoisotopic (exact) mass is 231 g/mol. The zero-order valence-electron chi connectivity index (χ0n) is 8.90. The van der Waals surface area contributed by atoms with Crippen molar-refractivity contribution in [1.29, 1.82) is 0 Å². The van der Waals surface area contributed by atoms with E-state index in [0.717, 1.165) is 30.5 Å². The average Bonchev–Trinajstić information content (AvgIpc) is 2.76. The highest BCUT2D eigenvalue weighted by Crippen LogP contribution is 2.15. The molecule has 0 atom stereocenters. The third kappa shape index (κ3) is 2.76. The minimum atomic E-state index is -2.55. The van der Waals surface area contributed by atoms with Crippen molar-refractivity contribution in [2.24, 2.45) is 0 Å². The molecule has 0 spiro atoms. The zero-order chi connectivity index (χ0) is 11.4. The Balaban J connectivity index is 1.86. The van der Waals surface area contributed by atoms with Crippen LogP contribution < -0.4 is 5.32 Å². The first-order valence-electron chi connectivity index (χ1n) is 5.39. The lowest BCUT2D eigenvalue weighted by Crippen LogP contribution is -2.32. The lowest BCUT2D eigenvalue weighted by atomic mass is 10.1. The molecule has 1 aromatic rings. The molecule has 0 saturated carbocycles. The van der Waals surface area contributed by atoms with Crippen LogP contribution in [0.25, 0.3) is 0 Å². The molecule has 1 fully saturated rings. The van der Waals surface area contributed by atoms with E-state index in [1.54, 1.807) is 0 Å². The van der Waals surface area contributed by atoms with Crippen molar-refractivity contribution in [3.8, 4) is 0 Å². The summed E-state index contributed by atoms with van der Waals surface area (Å²) in [6.45, 7) is -0.543. The van der Waals surface area contributed by atoms with Gasteiger partial charge >= 0.3 is 6.55 Å². The zero-order valence-corrected chi connectivity index (χ0v) is 8.90. The summed E-state index contributed by atoms with van der Waals surface area (Å²) in [7, 11) is 0. The quantitative estimate of drug-likeness (QED) is 0.854. The number of nitrogens with one attached hydrogen (secondary N) is 1. The predicted molar refractivity (Wildman–Crippen MR) is 54.2 cm³/mol. The molecule has 1 aromatic heterocycles. The van der Waals surface area contributed by atoms with Gasteiger partial charge in [-0.3, -0.25) is 4.57 Å². The third-order valence-corrected chi connectivity index (χ3v) is 2.69. The number of imidazole rings is 1. The van der Waals surface area contributed by atoms with E-state index in [9.17, 15) is 8.78 Å². The summed E-state index contributed by atoms with van der Waals surface area (Å²) in [5, 5.41) is 3.22. The molecule has 1 aliphatic heterocycles. The van der Waals surface area contributed by atoms with E-state index in [4.69, 9.17) is 4.74 Å². The molecule has 0 aromatic carbocycles. The molecule has 0 amide bonds. The van der Waals surface area contributed by atoms with Crippen LogP contribution in [0.1, 0.15) is 25.2 Å². The summed E-state index contributed by atoms with van der Waals surface area (Å²) in [5.74, 6) is 0.286. The largest absolute Gasteiger partial charge is 0.370 e. The second kappa shape index (κ2) is 5.36. The topological polar surface area (TPSA) is 39.1 Å². The molecule has 2 rings (SSSR count). The highest BCUT2D eigenvalue weighted by molar-refractivity contribution is 4.91. The number of ether oxygens (including phenoxy) is 1. The molecular weight excluding hydrogens is 216 g/mol. The lowest BCUT2D eigenvalue weighted by molar-refractivity contribution is 0.00602. The first-order valence-corrected chi connectivity index (χ1v) is 5.39. The minimum absolute atomic E-state index is 0.155. The van der Waals surface area contributed by atoms with Gasteiger partial charge in [-0.05, 0) is 25.9 Å². The van der Waals surface area contributed by atoms with E-state index < -0.39 is 6.55 Å². The Bertz CT molecular complexity index is 324. The van der Waals surface area contributed by atoms with Crippen molar-refractivity contribution >= 4 is 0 Å². The fourth-order valence-electron chi connectivity index (χ4n) is 1.79. The van der Waals surface area contributed by atoms with Gasteiger partial charge in [-0.15, -0.1) is 0 Å². The van der Waals surface area contributed by atoms with Crippen molar-refractivity contribution in [3.05, 3.63) is 18.2 Å². The molecule has 1 aliphatic rings. The van der Waals surface area contributed by atoms with Gasteiger partial charge in [-0.1, -0.05) is 0 Å². The van der Waals surface area contributed by atoms with Crippen molar-refractivity contribution in [2.75, 3.05) is 13.1 Å². The van der Waals surface area contributed by atoms with Crippen molar-refractivity contribution in [1.82, 2.24) is 14.9 Å². The van der Waals surface area contributed by atoms with Gasteiger partial charge < -0.3 is 10.1 Å². The maximum Gasteiger partial charge on any atom is 0.320 e. The molecule has 2 heterocycles. The second-order valence-electron chi connectivity index (χ2n) is 3.79.